The molecule has 1 N–H and O–H groups in total. The predicted octanol–water partition coefficient (Wildman–Crippen LogP) is 3.80. The monoisotopic (exact) mass is 228 g/mol. The van der Waals surface area contributed by atoms with Crippen LogP contribution in [-0.2, 0) is 0 Å². The van der Waals surface area contributed by atoms with Gasteiger partial charge in [-0.3, -0.25) is 0 Å². The Morgan fingerprint density at radius 1 is 1.24 bits per heavy atom. The second-order valence-electron chi connectivity index (χ2n) is 5.09. The summed E-state index contributed by atoms with van der Waals surface area (Å²) in [4.78, 5) is 0. The van der Waals surface area contributed by atoms with Crippen LogP contribution >= 0.6 is 0 Å². The molecule has 0 spiro atoms. The van der Waals surface area contributed by atoms with Gasteiger partial charge in [0, 0.05) is 11.7 Å². The van der Waals surface area contributed by atoms with E-state index in [4.69, 9.17) is 0 Å². The van der Waals surface area contributed by atoms with E-state index >= 15 is 0 Å². The summed E-state index contributed by atoms with van der Waals surface area (Å²) >= 11 is 0. The van der Waals surface area contributed by atoms with Crippen LogP contribution in [0.25, 0.3) is 0 Å². The van der Waals surface area contributed by atoms with E-state index in [1.807, 2.05) is 0 Å². The molecule has 2 nitrogen and oxygen atoms in total. The van der Waals surface area contributed by atoms with Gasteiger partial charge in [-0.2, -0.15) is 5.26 Å². The highest BCUT2D eigenvalue weighted by Gasteiger charge is 2.24. The molecule has 2 rings (SSSR count). The van der Waals surface area contributed by atoms with Gasteiger partial charge in [0.15, 0.2) is 0 Å². The fourth-order valence-electron chi connectivity index (χ4n) is 2.55. The molecule has 0 bridgehead atoms. The molecule has 1 fully saturated rings. The number of nitriles is 1. The third kappa shape index (κ3) is 2.79. The van der Waals surface area contributed by atoms with E-state index < -0.39 is 0 Å². The first-order valence-electron chi connectivity index (χ1n) is 6.44. The minimum atomic E-state index is 0.170. The first-order valence-corrected chi connectivity index (χ1v) is 6.44. The molecule has 0 saturated heterocycles. The van der Waals surface area contributed by atoms with Crippen LogP contribution in [0.3, 0.4) is 0 Å². The van der Waals surface area contributed by atoms with Gasteiger partial charge in [0.2, 0.25) is 0 Å². The van der Waals surface area contributed by atoms with Crippen LogP contribution in [0.1, 0.15) is 36.8 Å². The van der Waals surface area contributed by atoms with Gasteiger partial charge in [-0.1, -0.05) is 25.0 Å². The minimum absolute atomic E-state index is 0.170. The number of aryl methyl sites for hydroxylation is 2. The third-order valence-corrected chi connectivity index (χ3v) is 3.67. The molecule has 90 valence electrons. The average Bonchev–Trinajstić information content (AvgIpc) is 2.34. The van der Waals surface area contributed by atoms with Crippen LogP contribution in [0.4, 0.5) is 5.69 Å². The molecule has 1 aliphatic rings. The fourth-order valence-corrected chi connectivity index (χ4v) is 2.55. The molecule has 2 atom stereocenters. The molecule has 1 aromatic carbocycles. The molecule has 0 amide bonds. The molecule has 0 aliphatic heterocycles. The Bertz CT molecular complexity index is 431. The minimum Gasteiger partial charge on any atom is -0.381 e. The first-order chi connectivity index (χ1) is 8.20. The Kier molecular flexibility index (Phi) is 3.68. The van der Waals surface area contributed by atoms with Crippen molar-refractivity contribution in [3.05, 3.63) is 29.3 Å². The van der Waals surface area contributed by atoms with Gasteiger partial charge in [0.25, 0.3) is 0 Å². The van der Waals surface area contributed by atoms with E-state index in [2.05, 4.69) is 43.4 Å². The van der Waals surface area contributed by atoms with Crippen LogP contribution in [0, 0.1) is 31.1 Å². The van der Waals surface area contributed by atoms with Crippen LogP contribution in [0.15, 0.2) is 18.2 Å². The Morgan fingerprint density at radius 2 is 2.00 bits per heavy atom. The second kappa shape index (κ2) is 5.23. The average molecular weight is 228 g/mol. The molecule has 2 unspecified atom stereocenters. The van der Waals surface area contributed by atoms with E-state index in [1.165, 1.54) is 29.7 Å². The molecule has 1 saturated carbocycles. The molecular formula is C15H20N2. The number of anilines is 1. The highest BCUT2D eigenvalue weighted by Crippen LogP contribution is 2.28. The van der Waals surface area contributed by atoms with Crippen molar-refractivity contribution in [2.75, 3.05) is 5.32 Å². The predicted molar refractivity (Wildman–Crippen MR) is 70.9 cm³/mol. The van der Waals surface area contributed by atoms with Gasteiger partial charge in [-0.15, -0.1) is 0 Å². The van der Waals surface area contributed by atoms with Crippen molar-refractivity contribution >= 4 is 5.69 Å². The van der Waals surface area contributed by atoms with Crippen LogP contribution < -0.4 is 5.32 Å². The quantitative estimate of drug-likeness (QED) is 0.835. The topological polar surface area (TPSA) is 35.8 Å². The van der Waals surface area contributed by atoms with Crippen molar-refractivity contribution in [1.29, 1.82) is 5.26 Å². The Hall–Kier alpha value is -1.49. The van der Waals surface area contributed by atoms with Crippen LogP contribution in [0.2, 0.25) is 0 Å². The normalized spacial score (nSPS) is 24.1. The number of hydrogen-bond donors (Lipinski definition) is 1. The lowest BCUT2D eigenvalue weighted by molar-refractivity contribution is 0.388. The highest BCUT2D eigenvalue weighted by molar-refractivity contribution is 5.53. The summed E-state index contributed by atoms with van der Waals surface area (Å²) in [6, 6.07) is 9.22. The van der Waals surface area contributed by atoms with Crippen molar-refractivity contribution in [3.63, 3.8) is 0 Å². The largest absolute Gasteiger partial charge is 0.381 e. The Morgan fingerprint density at radius 3 is 2.76 bits per heavy atom. The van der Waals surface area contributed by atoms with Crippen LogP contribution in [0.5, 0.6) is 0 Å². The van der Waals surface area contributed by atoms with Crippen molar-refractivity contribution in [3.8, 4) is 6.07 Å². The molecular weight excluding hydrogens is 208 g/mol. The number of rotatable bonds is 2. The zero-order valence-electron chi connectivity index (χ0n) is 10.7. The summed E-state index contributed by atoms with van der Waals surface area (Å²) in [5.41, 5.74) is 3.72. The zero-order valence-corrected chi connectivity index (χ0v) is 10.7. The smallest absolute Gasteiger partial charge is 0.0677 e. The first kappa shape index (κ1) is 12.0. The van der Waals surface area contributed by atoms with Gasteiger partial charge in [0.1, 0.15) is 0 Å². The molecule has 0 radical (unpaired) electrons. The zero-order chi connectivity index (χ0) is 12.3. The third-order valence-electron chi connectivity index (χ3n) is 3.67. The van der Waals surface area contributed by atoms with Crippen molar-refractivity contribution < 1.29 is 0 Å². The van der Waals surface area contributed by atoms with Crippen LogP contribution in [-0.4, -0.2) is 6.04 Å². The SMILES string of the molecule is Cc1ccc(C)c(NC2CCCCC2C#N)c1. The second-order valence-corrected chi connectivity index (χ2v) is 5.09. The van der Waals surface area contributed by atoms with E-state index in [0.29, 0.717) is 6.04 Å². The lowest BCUT2D eigenvalue weighted by atomic mass is 9.85. The Balaban J connectivity index is 2.14. The van der Waals surface area contributed by atoms with Crippen molar-refractivity contribution in [2.24, 2.45) is 5.92 Å². The lowest BCUT2D eigenvalue weighted by Gasteiger charge is -2.29. The molecule has 17 heavy (non-hydrogen) atoms. The van der Waals surface area contributed by atoms with E-state index in [9.17, 15) is 5.26 Å². The van der Waals surface area contributed by atoms with Gasteiger partial charge in [0.05, 0.1) is 12.0 Å². The molecule has 1 aliphatic carbocycles. The van der Waals surface area contributed by atoms with Crippen molar-refractivity contribution in [1.82, 2.24) is 0 Å². The maximum atomic E-state index is 9.17. The molecule has 0 heterocycles. The molecule has 0 aromatic heterocycles. The number of nitrogens with zero attached hydrogens (tertiary/aromatic N) is 1. The fraction of sp³-hybridized carbons (Fsp3) is 0.533. The summed E-state index contributed by atoms with van der Waals surface area (Å²) < 4.78 is 0. The van der Waals surface area contributed by atoms with E-state index in [0.717, 1.165) is 12.8 Å². The molecule has 1 aromatic rings. The number of nitrogens with one attached hydrogen (secondary N) is 1. The van der Waals surface area contributed by atoms with Crippen molar-refractivity contribution in [2.45, 2.75) is 45.6 Å². The summed E-state index contributed by atoms with van der Waals surface area (Å²) in [5.74, 6) is 0.170. The maximum Gasteiger partial charge on any atom is 0.0677 e. The molecule has 2 heteroatoms. The summed E-state index contributed by atoms with van der Waals surface area (Å²) in [6.07, 6.45) is 4.59. The standard InChI is InChI=1S/C15H20N2/c1-11-7-8-12(2)15(9-11)17-14-6-4-3-5-13(14)10-16/h7-9,13-14,17H,3-6H2,1-2H3. The Labute approximate surface area is 104 Å². The maximum absolute atomic E-state index is 9.17. The summed E-state index contributed by atoms with van der Waals surface area (Å²) in [6.45, 7) is 4.22. The number of benzene rings is 1. The summed E-state index contributed by atoms with van der Waals surface area (Å²) in [7, 11) is 0. The lowest BCUT2D eigenvalue weighted by Crippen LogP contribution is -2.31. The van der Waals surface area contributed by atoms with Gasteiger partial charge >= 0.3 is 0 Å². The van der Waals surface area contributed by atoms with E-state index in [1.54, 1.807) is 0 Å². The van der Waals surface area contributed by atoms with E-state index in [-0.39, 0.29) is 5.92 Å². The van der Waals surface area contributed by atoms with Gasteiger partial charge in [-0.25, -0.2) is 0 Å². The number of hydrogen-bond acceptors (Lipinski definition) is 2. The van der Waals surface area contributed by atoms with Gasteiger partial charge < -0.3 is 5.32 Å². The van der Waals surface area contributed by atoms with Gasteiger partial charge in [-0.05, 0) is 43.9 Å². The highest BCUT2D eigenvalue weighted by atomic mass is 14.9. The summed E-state index contributed by atoms with van der Waals surface area (Å²) in [5, 5.41) is 12.7.